The van der Waals surface area contributed by atoms with Gasteiger partial charge >= 0.3 is 0 Å². The molecule has 0 atom stereocenters. The van der Waals surface area contributed by atoms with Crippen molar-refractivity contribution in [3.05, 3.63) is 11.6 Å². The number of hydrogen-bond donors (Lipinski definition) is 1. The van der Waals surface area contributed by atoms with Crippen molar-refractivity contribution in [2.45, 2.75) is 25.1 Å². The number of aromatic nitrogens is 2. The van der Waals surface area contributed by atoms with Gasteiger partial charge < -0.3 is 0 Å². The van der Waals surface area contributed by atoms with Crippen LogP contribution in [-0.4, -0.2) is 21.9 Å². The molecule has 0 aromatic carbocycles. The van der Waals surface area contributed by atoms with Gasteiger partial charge in [-0.1, -0.05) is 35.6 Å². The van der Waals surface area contributed by atoms with Crippen LogP contribution in [0, 0.1) is 0 Å². The van der Waals surface area contributed by atoms with E-state index in [0.29, 0.717) is 5.13 Å². The van der Waals surface area contributed by atoms with Gasteiger partial charge in [0, 0.05) is 6.08 Å². The number of rotatable bonds is 4. The fourth-order valence-corrected chi connectivity index (χ4v) is 2.50. The predicted molar refractivity (Wildman–Crippen MR) is 64.4 cm³/mol. The third-order valence-electron chi connectivity index (χ3n) is 1.32. The smallest absolute Gasteiger partial charge is 0.250 e. The largest absolute Gasteiger partial charge is 0.297 e. The Kier molecular flexibility index (Phi) is 4.77. The molecule has 1 rings (SSSR count). The van der Waals surface area contributed by atoms with Gasteiger partial charge in [0.1, 0.15) is 0 Å². The molecule has 1 amide bonds. The summed E-state index contributed by atoms with van der Waals surface area (Å²) in [6.07, 6.45) is 1.54. The number of carbonyl (C=O) groups is 1. The highest BCUT2D eigenvalue weighted by Crippen LogP contribution is 2.24. The molecular weight excluding hydrogens is 230 g/mol. The molecule has 6 heteroatoms. The third kappa shape index (κ3) is 4.44. The zero-order valence-electron chi connectivity index (χ0n) is 8.90. The summed E-state index contributed by atoms with van der Waals surface area (Å²) >= 11 is 3.01. The van der Waals surface area contributed by atoms with E-state index in [1.807, 2.05) is 20.8 Å². The molecule has 0 aliphatic rings. The van der Waals surface area contributed by atoms with E-state index in [9.17, 15) is 4.79 Å². The van der Waals surface area contributed by atoms with Crippen LogP contribution in [0.15, 0.2) is 16.0 Å². The van der Waals surface area contributed by atoms with Crippen molar-refractivity contribution in [3.8, 4) is 0 Å². The Hall–Kier alpha value is -0.880. The predicted octanol–water partition coefficient (Wildman–Crippen LogP) is 2.55. The Morgan fingerprint density at radius 1 is 1.53 bits per heavy atom. The molecule has 0 saturated heterocycles. The molecule has 1 aromatic rings. The van der Waals surface area contributed by atoms with E-state index in [2.05, 4.69) is 15.5 Å². The molecule has 1 N–H and O–H groups in total. The van der Waals surface area contributed by atoms with Crippen molar-refractivity contribution >= 4 is 34.1 Å². The number of nitrogens with zero attached hydrogens (tertiary/aromatic N) is 2. The van der Waals surface area contributed by atoms with Crippen LogP contribution in [0.25, 0.3) is 0 Å². The molecule has 4 nitrogen and oxygen atoms in total. The Bertz CT molecular complexity index is 369. The zero-order valence-corrected chi connectivity index (χ0v) is 10.5. The Morgan fingerprint density at radius 3 is 2.87 bits per heavy atom. The van der Waals surface area contributed by atoms with Crippen molar-refractivity contribution < 1.29 is 4.79 Å². The average molecular weight is 243 g/mol. The number of amides is 1. The summed E-state index contributed by atoms with van der Waals surface area (Å²) in [7, 11) is 0. The maximum Gasteiger partial charge on any atom is 0.250 e. The SMILES string of the molecule is CCSc1nnc(NC(=O)C=C(C)C)s1. The van der Waals surface area contributed by atoms with Crippen LogP contribution in [0.2, 0.25) is 0 Å². The number of allylic oxidation sites excluding steroid dienone is 1. The lowest BCUT2D eigenvalue weighted by molar-refractivity contribution is -0.111. The van der Waals surface area contributed by atoms with Gasteiger partial charge in [0.05, 0.1) is 0 Å². The van der Waals surface area contributed by atoms with E-state index in [1.54, 1.807) is 11.8 Å². The van der Waals surface area contributed by atoms with Gasteiger partial charge in [-0.25, -0.2) is 0 Å². The highest BCUT2D eigenvalue weighted by atomic mass is 32.2. The molecule has 0 unspecified atom stereocenters. The van der Waals surface area contributed by atoms with Crippen molar-refractivity contribution in [1.29, 1.82) is 0 Å². The highest BCUT2D eigenvalue weighted by molar-refractivity contribution is 8.01. The van der Waals surface area contributed by atoms with E-state index in [1.165, 1.54) is 17.4 Å². The van der Waals surface area contributed by atoms with E-state index in [4.69, 9.17) is 0 Å². The normalized spacial score (nSPS) is 9.80. The Balaban J connectivity index is 2.57. The van der Waals surface area contributed by atoms with Crippen LogP contribution in [0.1, 0.15) is 20.8 Å². The van der Waals surface area contributed by atoms with Crippen molar-refractivity contribution in [2.75, 3.05) is 11.1 Å². The molecule has 0 radical (unpaired) electrons. The van der Waals surface area contributed by atoms with Crippen LogP contribution in [0.5, 0.6) is 0 Å². The van der Waals surface area contributed by atoms with Crippen molar-refractivity contribution in [3.63, 3.8) is 0 Å². The second-order valence-electron chi connectivity index (χ2n) is 3.02. The van der Waals surface area contributed by atoms with E-state index >= 15 is 0 Å². The number of thioether (sulfide) groups is 1. The van der Waals surface area contributed by atoms with Gasteiger partial charge in [0.2, 0.25) is 11.0 Å². The maximum atomic E-state index is 11.3. The lowest BCUT2D eigenvalue weighted by Crippen LogP contribution is -2.07. The van der Waals surface area contributed by atoms with Crippen molar-refractivity contribution in [2.24, 2.45) is 0 Å². The summed E-state index contributed by atoms with van der Waals surface area (Å²) < 4.78 is 0.880. The molecule has 0 spiro atoms. The molecule has 82 valence electrons. The minimum Gasteiger partial charge on any atom is -0.297 e. The lowest BCUT2D eigenvalue weighted by Gasteiger charge is -1.94. The maximum absolute atomic E-state index is 11.3. The Morgan fingerprint density at radius 2 is 2.27 bits per heavy atom. The molecule has 1 heterocycles. The second kappa shape index (κ2) is 5.87. The molecule has 15 heavy (non-hydrogen) atoms. The number of hydrogen-bond acceptors (Lipinski definition) is 5. The summed E-state index contributed by atoms with van der Waals surface area (Å²) in [5.74, 6) is 0.801. The molecule has 0 fully saturated rings. The molecule has 1 aromatic heterocycles. The number of carbonyl (C=O) groups excluding carboxylic acids is 1. The van der Waals surface area contributed by atoms with Gasteiger partial charge in [0.15, 0.2) is 4.34 Å². The summed E-state index contributed by atoms with van der Waals surface area (Å²) in [5, 5.41) is 11.0. The number of nitrogens with one attached hydrogen (secondary N) is 1. The lowest BCUT2D eigenvalue weighted by atomic mass is 10.3. The van der Waals surface area contributed by atoms with Gasteiger partial charge in [-0.3, -0.25) is 10.1 Å². The topological polar surface area (TPSA) is 54.9 Å². The first kappa shape index (κ1) is 12.2. The highest BCUT2D eigenvalue weighted by Gasteiger charge is 2.05. The van der Waals surface area contributed by atoms with Crippen LogP contribution >= 0.6 is 23.1 Å². The van der Waals surface area contributed by atoms with E-state index in [-0.39, 0.29) is 5.91 Å². The van der Waals surface area contributed by atoms with E-state index in [0.717, 1.165) is 15.7 Å². The van der Waals surface area contributed by atoms with Gasteiger partial charge in [-0.05, 0) is 19.6 Å². The standard InChI is InChI=1S/C9H13N3OS2/c1-4-14-9-12-11-8(15-9)10-7(13)5-6(2)3/h5H,4H2,1-3H3,(H,10,11,13). The van der Waals surface area contributed by atoms with Crippen LogP contribution in [0.3, 0.4) is 0 Å². The molecule has 0 aliphatic heterocycles. The average Bonchev–Trinajstić information content (AvgIpc) is 2.51. The van der Waals surface area contributed by atoms with E-state index < -0.39 is 0 Å². The first-order valence-electron chi connectivity index (χ1n) is 4.54. The second-order valence-corrected chi connectivity index (χ2v) is 5.51. The zero-order chi connectivity index (χ0) is 11.3. The summed E-state index contributed by atoms with van der Waals surface area (Å²) in [6.45, 7) is 5.80. The summed E-state index contributed by atoms with van der Waals surface area (Å²) in [6, 6.07) is 0. The Labute approximate surface area is 97.2 Å². The quantitative estimate of drug-likeness (QED) is 0.501. The third-order valence-corrected chi connectivity index (χ3v) is 3.18. The van der Waals surface area contributed by atoms with Crippen LogP contribution < -0.4 is 5.32 Å². The van der Waals surface area contributed by atoms with Crippen LogP contribution in [0.4, 0.5) is 5.13 Å². The first-order valence-corrected chi connectivity index (χ1v) is 6.34. The molecule has 0 bridgehead atoms. The van der Waals surface area contributed by atoms with Gasteiger partial charge in [-0.2, -0.15) is 0 Å². The number of anilines is 1. The monoisotopic (exact) mass is 243 g/mol. The summed E-state index contributed by atoms with van der Waals surface area (Å²) in [4.78, 5) is 11.3. The minimum absolute atomic E-state index is 0.154. The van der Waals surface area contributed by atoms with Crippen molar-refractivity contribution in [1.82, 2.24) is 10.2 Å². The molecule has 0 saturated carbocycles. The fourth-order valence-electron chi connectivity index (χ4n) is 0.846. The van der Waals surface area contributed by atoms with Gasteiger partial charge in [-0.15, -0.1) is 10.2 Å². The summed E-state index contributed by atoms with van der Waals surface area (Å²) in [5.41, 5.74) is 0.958. The minimum atomic E-state index is -0.154. The van der Waals surface area contributed by atoms with Gasteiger partial charge in [0.25, 0.3) is 0 Å². The first-order chi connectivity index (χ1) is 7.11. The molecular formula is C9H13N3OS2. The fraction of sp³-hybridized carbons (Fsp3) is 0.444. The van der Waals surface area contributed by atoms with Crippen LogP contribution in [-0.2, 0) is 4.79 Å². The molecule has 0 aliphatic carbocycles.